The van der Waals surface area contributed by atoms with Crippen molar-refractivity contribution in [3.8, 4) is 17.0 Å². The van der Waals surface area contributed by atoms with Crippen molar-refractivity contribution in [1.29, 1.82) is 0 Å². The Kier molecular flexibility index (Phi) is 5.11. The number of hydrogen-bond donors (Lipinski definition) is 3. The lowest BCUT2D eigenvalue weighted by atomic mass is 10.1. The van der Waals surface area contributed by atoms with E-state index in [2.05, 4.69) is 25.6 Å². The molecule has 3 aromatic rings. The second kappa shape index (κ2) is 8.22. The van der Waals surface area contributed by atoms with E-state index in [1.54, 1.807) is 18.5 Å². The number of nitrogens with zero attached hydrogens (tertiary/aromatic N) is 3. The number of anilines is 2. The van der Waals surface area contributed by atoms with Gasteiger partial charge in [-0.3, -0.25) is 4.79 Å². The zero-order valence-corrected chi connectivity index (χ0v) is 17.0. The molecular weight excluding hydrogens is 392 g/mol. The number of pyridine rings is 1. The van der Waals surface area contributed by atoms with E-state index >= 15 is 0 Å². The predicted octanol–water partition coefficient (Wildman–Crippen LogP) is 2.53. The second-order valence-electron chi connectivity index (χ2n) is 7.94. The number of fused-ring (bicyclic) bond motifs is 1. The van der Waals surface area contributed by atoms with Gasteiger partial charge in [-0.05, 0) is 36.5 Å². The second-order valence-corrected chi connectivity index (χ2v) is 7.94. The molecule has 0 bridgehead atoms. The van der Waals surface area contributed by atoms with Crippen LogP contribution in [-0.4, -0.2) is 40.6 Å². The van der Waals surface area contributed by atoms with Crippen molar-refractivity contribution in [2.24, 2.45) is 11.8 Å². The van der Waals surface area contributed by atoms with E-state index < -0.39 is 0 Å². The summed E-state index contributed by atoms with van der Waals surface area (Å²) in [5.74, 6) is 2.91. The smallest absolute Gasteiger partial charge is 0.251 e. The molecule has 0 spiro atoms. The Morgan fingerprint density at radius 2 is 1.97 bits per heavy atom. The van der Waals surface area contributed by atoms with Gasteiger partial charge in [0.25, 0.3) is 5.91 Å². The molecule has 1 aromatic carbocycles. The zero-order chi connectivity index (χ0) is 21.2. The lowest BCUT2D eigenvalue weighted by Gasteiger charge is -2.12. The molecule has 2 aromatic heterocycles. The summed E-state index contributed by atoms with van der Waals surface area (Å²) >= 11 is 0. The molecule has 5 rings (SSSR count). The molecule has 158 valence electrons. The van der Waals surface area contributed by atoms with Crippen molar-refractivity contribution in [3.05, 3.63) is 59.9 Å². The normalized spacial score (nSPS) is 18.7. The number of ether oxygens (including phenoxy) is 1. The van der Waals surface area contributed by atoms with Gasteiger partial charge in [0.1, 0.15) is 11.6 Å². The van der Waals surface area contributed by atoms with Crippen LogP contribution in [0.15, 0.2) is 48.8 Å². The number of nitrogen functional groups attached to an aromatic ring is 1. The molecule has 1 aliphatic heterocycles. The number of aromatic nitrogens is 3. The number of nitrogens with one attached hydrogen (secondary N) is 2. The summed E-state index contributed by atoms with van der Waals surface area (Å²) in [6.45, 7) is 2.15. The van der Waals surface area contributed by atoms with Gasteiger partial charge in [-0.1, -0.05) is 18.2 Å². The number of carbonyl (C=O) groups is 1. The molecule has 31 heavy (non-hydrogen) atoms. The molecule has 4 N–H and O–H groups in total. The molecule has 1 fully saturated rings. The van der Waals surface area contributed by atoms with Crippen LogP contribution in [0.1, 0.15) is 22.3 Å². The third-order valence-electron chi connectivity index (χ3n) is 5.84. The maximum Gasteiger partial charge on any atom is 0.251 e. The van der Waals surface area contributed by atoms with Crippen LogP contribution in [0.3, 0.4) is 0 Å². The molecular formula is C23H24N6O2. The predicted molar refractivity (Wildman–Crippen MR) is 118 cm³/mol. The minimum atomic E-state index is -0.0169. The van der Waals surface area contributed by atoms with E-state index in [4.69, 9.17) is 10.5 Å². The van der Waals surface area contributed by atoms with Gasteiger partial charge < -0.3 is 21.1 Å². The fraction of sp³-hybridized carbons (Fsp3) is 0.304. The Hall–Kier alpha value is -3.68. The standard InChI is InChI=1S/C23H24N6O2/c24-23-25-8-6-19(29-23)18-13-27-21(17-7-9-31-20(17)18)26-11-15-10-16(15)12-28-22(30)14-4-2-1-3-5-14/h1-6,8,13,15-16H,7,9-12H2,(H,26,27)(H,28,30)(H2,24,25,29). The summed E-state index contributed by atoms with van der Waals surface area (Å²) in [6, 6.07) is 11.1. The summed E-state index contributed by atoms with van der Waals surface area (Å²) in [5.41, 5.74) is 9.04. The first-order valence-electron chi connectivity index (χ1n) is 10.5. The third kappa shape index (κ3) is 4.14. The van der Waals surface area contributed by atoms with E-state index in [0.717, 1.165) is 42.1 Å². The molecule has 2 atom stereocenters. The van der Waals surface area contributed by atoms with Crippen molar-refractivity contribution in [2.45, 2.75) is 12.8 Å². The van der Waals surface area contributed by atoms with Crippen molar-refractivity contribution < 1.29 is 9.53 Å². The first-order valence-corrected chi connectivity index (χ1v) is 10.5. The van der Waals surface area contributed by atoms with Crippen LogP contribution in [-0.2, 0) is 6.42 Å². The van der Waals surface area contributed by atoms with Gasteiger partial charge in [-0.2, -0.15) is 0 Å². The maximum absolute atomic E-state index is 12.2. The van der Waals surface area contributed by atoms with Gasteiger partial charge in [0.15, 0.2) is 0 Å². The number of carbonyl (C=O) groups excluding carboxylic acids is 1. The summed E-state index contributed by atoms with van der Waals surface area (Å²) < 4.78 is 5.89. The summed E-state index contributed by atoms with van der Waals surface area (Å²) in [4.78, 5) is 25.1. The number of rotatable bonds is 7. The molecule has 0 saturated heterocycles. The highest BCUT2D eigenvalue weighted by Crippen LogP contribution is 2.41. The average molecular weight is 416 g/mol. The first kappa shape index (κ1) is 19.3. The molecule has 2 unspecified atom stereocenters. The highest BCUT2D eigenvalue weighted by molar-refractivity contribution is 5.94. The number of benzene rings is 1. The molecule has 8 heteroatoms. The molecule has 2 aliphatic rings. The fourth-order valence-electron chi connectivity index (χ4n) is 4.00. The lowest BCUT2D eigenvalue weighted by molar-refractivity contribution is 0.0951. The number of hydrogen-bond acceptors (Lipinski definition) is 7. The van der Waals surface area contributed by atoms with E-state index in [1.807, 2.05) is 30.3 Å². The van der Waals surface area contributed by atoms with E-state index in [0.29, 0.717) is 36.2 Å². The number of nitrogens with two attached hydrogens (primary N) is 1. The largest absolute Gasteiger partial charge is 0.492 e. The monoisotopic (exact) mass is 416 g/mol. The summed E-state index contributed by atoms with van der Waals surface area (Å²) in [7, 11) is 0. The molecule has 1 aliphatic carbocycles. The first-order chi connectivity index (χ1) is 15.2. The van der Waals surface area contributed by atoms with Crippen LogP contribution in [0.2, 0.25) is 0 Å². The van der Waals surface area contributed by atoms with Gasteiger partial charge >= 0.3 is 0 Å². The van der Waals surface area contributed by atoms with E-state index in [-0.39, 0.29) is 11.9 Å². The highest BCUT2D eigenvalue weighted by atomic mass is 16.5. The number of amides is 1. The Bertz CT molecular complexity index is 1100. The van der Waals surface area contributed by atoms with Crippen molar-refractivity contribution in [1.82, 2.24) is 20.3 Å². The zero-order valence-electron chi connectivity index (χ0n) is 17.0. The Labute approximate surface area is 180 Å². The van der Waals surface area contributed by atoms with Gasteiger partial charge in [-0.15, -0.1) is 0 Å². The van der Waals surface area contributed by atoms with Gasteiger partial charge in [0.05, 0.1) is 17.9 Å². The van der Waals surface area contributed by atoms with Crippen LogP contribution in [0.25, 0.3) is 11.3 Å². The van der Waals surface area contributed by atoms with Crippen LogP contribution in [0, 0.1) is 11.8 Å². The SMILES string of the molecule is Nc1nccc(-c2cnc(NCC3CC3CNC(=O)c3ccccc3)c3c2OCC3)n1. The molecule has 1 saturated carbocycles. The fourth-order valence-corrected chi connectivity index (χ4v) is 4.00. The third-order valence-corrected chi connectivity index (χ3v) is 5.84. The quantitative estimate of drug-likeness (QED) is 0.542. The van der Waals surface area contributed by atoms with Gasteiger partial charge in [0.2, 0.25) is 5.95 Å². The Morgan fingerprint density at radius 1 is 1.13 bits per heavy atom. The molecule has 3 heterocycles. The average Bonchev–Trinajstić information content (AvgIpc) is 3.36. The topological polar surface area (TPSA) is 115 Å². The highest BCUT2D eigenvalue weighted by Gasteiger charge is 2.37. The Morgan fingerprint density at radius 3 is 2.81 bits per heavy atom. The van der Waals surface area contributed by atoms with Crippen molar-refractivity contribution in [2.75, 3.05) is 30.7 Å². The molecule has 8 nitrogen and oxygen atoms in total. The van der Waals surface area contributed by atoms with Gasteiger partial charge in [-0.25, -0.2) is 15.0 Å². The van der Waals surface area contributed by atoms with E-state index in [9.17, 15) is 4.79 Å². The molecule has 1 amide bonds. The summed E-state index contributed by atoms with van der Waals surface area (Å²) in [6.07, 6.45) is 5.31. The van der Waals surface area contributed by atoms with Crippen LogP contribution in [0.4, 0.5) is 11.8 Å². The van der Waals surface area contributed by atoms with Gasteiger partial charge in [0, 0.05) is 43.0 Å². The van der Waals surface area contributed by atoms with Crippen LogP contribution >= 0.6 is 0 Å². The van der Waals surface area contributed by atoms with Crippen LogP contribution in [0.5, 0.6) is 5.75 Å². The lowest BCUT2D eigenvalue weighted by Crippen LogP contribution is -2.26. The minimum Gasteiger partial charge on any atom is -0.492 e. The minimum absolute atomic E-state index is 0.0169. The van der Waals surface area contributed by atoms with E-state index in [1.165, 1.54) is 0 Å². The van der Waals surface area contributed by atoms with Crippen molar-refractivity contribution >= 4 is 17.7 Å². The maximum atomic E-state index is 12.2. The Balaban J connectivity index is 1.18. The molecule has 0 radical (unpaired) electrons. The summed E-state index contributed by atoms with van der Waals surface area (Å²) in [5, 5.41) is 6.52. The van der Waals surface area contributed by atoms with Crippen molar-refractivity contribution in [3.63, 3.8) is 0 Å². The van der Waals surface area contributed by atoms with Crippen LogP contribution < -0.4 is 21.1 Å².